The molecule has 2 nitrogen and oxygen atoms in total. The van der Waals surface area contributed by atoms with Gasteiger partial charge in [0.15, 0.2) is 0 Å². The van der Waals surface area contributed by atoms with Gasteiger partial charge in [0.25, 0.3) is 0 Å². The summed E-state index contributed by atoms with van der Waals surface area (Å²) in [5.41, 5.74) is 2.96. The molecule has 0 unspecified atom stereocenters. The highest BCUT2D eigenvalue weighted by Gasteiger charge is 2.45. The normalized spacial score (nSPS) is 23.5. The standard InChI is InChI=1S/C28H22F2O2/c1-27(17-7-11-19(29)12-8-17)15-23-24-16-28(2,18-9-13-20(30)14-10-18)32-26(24)22-6-4-3-5-21(22)25(23)31-27/h3-14H,15-16H2,1-2H3/t27-,28+. The van der Waals surface area contributed by atoms with Crippen molar-refractivity contribution in [1.29, 1.82) is 0 Å². The molecule has 4 aromatic rings. The van der Waals surface area contributed by atoms with E-state index in [1.807, 2.05) is 12.1 Å². The van der Waals surface area contributed by atoms with Crippen LogP contribution in [0.4, 0.5) is 8.78 Å². The number of hydrogen-bond acceptors (Lipinski definition) is 2. The Hall–Kier alpha value is -3.40. The van der Waals surface area contributed by atoms with Gasteiger partial charge in [-0.3, -0.25) is 0 Å². The Morgan fingerprint density at radius 3 is 1.34 bits per heavy atom. The first-order valence-electron chi connectivity index (χ1n) is 10.8. The van der Waals surface area contributed by atoms with Crippen LogP contribution in [0.25, 0.3) is 10.8 Å². The van der Waals surface area contributed by atoms with Crippen molar-refractivity contribution in [1.82, 2.24) is 0 Å². The Bertz CT molecular complexity index is 1260. The Morgan fingerprint density at radius 1 is 0.594 bits per heavy atom. The van der Waals surface area contributed by atoms with Crippen LogP contribution in [0.1, 0.15) is 36.1 Å². The maximum Gasteiger partial charge on any atom is 0.135 e. The van der Waals surface area contributed by atoms with Gasteiger partial charge in [-0.25, -0.2) is 8.78 Å². The number of rotatable bonds is 2. The summed E-state index contributed by atoms with van der Waals surface area (Å²) in [6, 6.07) is 21.2. The van der Waals surface area contributed by atoms with Crippen LogP contribution in [-0.2, 0) is 24.0 Å². The highest BCUT2D eigenvalue weighted by molar-refractivity contribution is 5.97. The average molecular weight is 428 g/mol. The minimum absolute atomic E-state index is 0.261. The van der Waals surface area contributed by atoms with Crippen LogP contribution in [0.3, 0.4) is 0 Å². The average Bonchev–Trinajstić information content (AvgIpc) is 3.34. The van der Waals surface area contributed by atoms with Crippen molar-refractivity contribution >= 4 is 10.8 Å². The molecule has 0 N–H and O–H groups in total. The number of benzene rings is 4. The predicted molar refractivity (Wildman–Crippen MR) is 120 cm³/mol. The second-order valence-corrected chi connectivity index (χ2v) is 9.19. The van der Waals surface area contributed by atoms with Crippen molar-refractivity contribution in [3.63, 3.8) is 0 Å². The monoisotopic (exact) mass is 428 g/mol. The van der Waals surface area contributed by atoms with Crippen LogP contribution in [0.5, 0.6) is 11.5 Å². The summed E-state index contributed by atoms with van der Waals surface area (Å²) in [6.45, 7) is 4.10. The van der Waals surface area contributed by atoms with Crippen LogP contribution < -0.4 is 9.47 Å². The molecular weight excluding hydrogens is 406 g/mol. The van der Waals surface area contributed by atoms with Crippen molar-refractivity contribution in [3.8, 4) is 11.5 Å². The van der Waals surface area contributed by atoms with Crippen molar-refractivity contribution in [3.05, 3.63) is 107 Å². The van der Waals surface area contributed by atoms with E-state index in [1.165, 1.54) is 24.3 Å². The molecule has 160 valence electrons. The largest absolute Gasteiger partial charge is 0.482 e. The molecule has 0 radical (unpaired) electrons. The van der Waals surface area contributed by atoms with Crippen LogP contribution in [0.2, 0.25) is 0 Å². The van der Waals surface area contributed by atoms with Crippen molar-refractivity contribution in [2.45, 2.75) is 37.9 Å². The molecule has 4 aromatic carbocycles. The summed E-state index contributed by atoms with van der Waals surface area (Å²) >= 11 is 0. The molecule has 4 heteroatoms. The zero-order valence-electron chi connectivity index (χ0n) is 17.9. The molecule has 6 rings (SSSR count). The maximum absolute atomic E-state index is 13.5. The zero-order chi connectivity index (χ0) is 22.1. The Labute approximate surface area is 185 Å². The summed E-state index contributed by atoms with van der Waals surface area (Å²) in [5, 5.41) is 2.02. The van der Waals surface area contributed by atoms with E-state index in [1.54, 1.807) is 24.3 Å². The van der Waals surface area contributed by atoms with Crippen molar-refractivity contribution < 1.29 is 18.3 Å². The highest BCUT2D eigenvalue weighted by Crippen LogP contribution is 2.55. The fourth-order valence-corrected chi connectivity index (χ4v) is 5.21. The van der Waals surface area contributed by atoms with Gasteiger partial charge < -0.3 is 9.47 Å². The SMILES string of the molecule is C[C@]1(c2ccc(F)cc2)Cc2c3c(c4ccccc4c2O1)O[C@](C)(c1ccc(F)cc1)C3. The van der Waals surface area contributed by atoms with Gasteiger partial charge in [0.1, 0.15) is 34.3 Å². The van der Waals surface area contributed by atoms with Gasteiger partial charge in [-0.05, 0) is 49.2 Å². The van der Waals surface area contributed by atoms with Crippen LogP contribution in [0.15, 0.2) is 72.8 Å². The number of ether oxygens (including phenoxy) is 2. The number of halogens is 2. The Kier molecular flexibility index (Phi) is 3.95. The van der Waals surface area contributed by atoms with Gasteiger partial charge in [0.2, 0.25) is 0 Å². The summed E-state index contributed by atoms with van der Waals surface area (Å²) in [6.07, 6.45) is 1.34. The summed E-state index contributed by atoms with van der Waals surface area (Å²) in [5.74, 6) is 1.22. The van der Waals surface area contributed by atoms with E-state index in [0.29, 0.717) is 12.8 Å². The molecule has 0 amide bonds. The van der Waals surface area contributed by atoms with Crippen molar-refractivity contribution in [2.24, 2.45) is 0 Å². The molecule has 2 aliphatic rings. The molecule has 32 heavy (non-hydrogen) atoms. The third kappa shape index (κ3) is 2.75. The third-order valence-corrected chi connectivity index (χ3v) is 6.92. The van der Waals surface area contributed by atoms with Gasteiger partial charge >= 0.3 is 0 Å². The highest BCUT2D eigenvalue weighted by atomic mass is 19.1. The van der Waals surface area contributed by atoms with Gasteiger partial charge in [0.05, 0.1) is 0 Å². The maximum atomic E-state index is 13.5. The molecule has 0 aromatic heterocycles. The van der Waals surface area contributed by atoms with E-state index in [0.717, 1.165) is 44.5 Å². The Balaban J connectivity index is 1.51. The van der Waals surface area contributed by atoms with Gasteiger partial charge in [-0.2, -0.15) is 0 Å². The second-order valence-electron chi connectivity index (χ2n) is 9.19. The molecule has 2 atom stereocenters. The minimum Gasteiger partial charge on any atom is -0.482 e. The van der Waals surface area contributed by atoms with E-state index in [9.17, 15) is 8.78 Å². The van der Waals surface area contributed by atoms with Crippen LogP contribution in [0, 0.1) is 11.6 Å². The quantitative estimate of drug-likeness (QED) is 0.349. The Morgan fingerprint density at radius 2 is 0.969 bits per heavy atom. The topological polar surface area (TPSA) is 18.5 Å². The van der Waals surface area contributed by atoms with Crippen LogP contribution >= 0.6 is 0 Å². The zero-order valence-corrected chi connectivity index (χ0v) is 17.9. The first kappa shape index (κ1) is 19.3. The lowest BCUT2D eigenvalue weighted by molar-refractivity contribution is 0.115. The lowest BCUT2D eigenvalue weighted by Gasteiger charge is -2.25. The van der Waals surface area contributed by atoms with E-state index >= 15 is 0 Å². The summed E-state index contributed by atoms with van der Waals surface area (Å²) in [4.78, 5) is 0. The molecule has 0 bridgehead atoms. The fourth-order valence-electron chi connectivity index (χ4n) is 5.21. The molecule has 2 heterocycles. The summed E-state index contributed by atoms with van der Waals surface area (Å²) < 4.78 is 40.3. The van der Waals surface area contributed by atoms with Gasteiger partial charge in [-0.15, -0.1) is 0 Å². The lowest BCUT2D eigenvalue weighted by Crippen LogP contribution is -2.28. The minimum atomic E-state index is -0.594. The molecule has 0 saturated carbocycles. The molecule has 0 fully saturated rings. The number of hydrogen-bond donors (Lipinski definition) is 0. The van der Waals surface area contributed by atoms with Gasteiger partial charge in [-0.1, -0.05) is 48.5 Å². The summed E-state index contributed by atoms with van der Waals surface area (Å²) in [7, 11) is 0. The van der Waals surface area contributed by atoms with Crippen LogP contribution in [-0.4, -0.2) is 0 Å². The molecule has 0 saturated heterocycles. The lowest BCUT2D eigenvalue weighted by atomic mass is 9.85. The smallest absolute Gasteiger partial charge is 0.135 e. The second kappa shape index (κ2) is 6.55. The first-order valence-corrected chi connectivity index (χ1v) is 10.8. The molecule has 0 aliphatic carbocycles. The fraction of sp³-hybridized carbons (Fsp3) is 0.214. The van der Waals surface area contributed by atoms with E-state index in [2.05, 4.69) is 26.0 Å². The van der Waals surface area contributed by atoms with Gasteiger partial charge in [0, 0.05) is 34.7 Å². The third-order valence-electron chi connectivity index (χ3n) is 6.92. The van der Waals surface area contributed by atoms with E-state index in [-0.39, 0.29) is 11.6 Å². The predicted octanol–water partition coefficient (Wildman–Crippen LogP) is 6.82. The van der Waals surface area contributed by atoms with E-state index < -0.39 is 11.2 Å². The number of fused-ring (bicyclic) bond motifs is 6. The molecule has 0 spiro atoms. The van der Waals surface area contributed by atoms with Crippen molar-refractivity contribution in [2.75, 3.05) is 0 Å². The van der Waals surface area contributed by atoms with E-state index in [4.69, 9.17) is 9.47 Å². The molecule has 2 aliphatic heterocycles. The first-order chi connectivity index (χ1) is 15.4. The molecular formula is C28H22F2O2.